The van der Waals surface area contributed by atoms with E-state index in [1.165, 1.54) is 13.0 Å². The van der Waals surface area contributed by atoms with Gasteiger partial charge in [0.05, 0.1) is 35.9 Å². The number of halogens is 3. The summed E-state index contributed by atoms with van der Waals surface area (Å²) in [6.45, 7) is 11.4. The Kier molecular flexibility index (Phi) is 15.3. The molecule has 2 aliphatic carbocycles. The first-order valence-electron chi connectivity index (χ1n) is 23.7. The van der Waals surface area contributed by atoms with Crippen LogP contribution in [0.15, 0.2) is 30.4 Å². The van der Waals surface area contributed by atoms with E-state index in [1.807, 2.05) is 19.9 Å². The van der Waals surface area contributed by atoms with Gasteiger partial charge < -0.3 is 39.5 Å². The number of pyridine rings is 1. The molecule has 372 valence electrons. The van der Waals surface area contributed by atoms with Crippen LogP contribution in [0.4, 0.5) is 18.0 Å². The Morgan fingerprint density at radius 2 is 1.82 bits per heavy atom. The van der Waals surface area contributed by atoms with Crippen molar-refractivity contribution in [2.24, 2.45) is 11.8 Å². The number of alkyl halides is 3. The number of aryl methyl sites for hydroxylation is 1. The predicted molar refractivity (Wildman–Crippen MR) is 247 cm³/mol. The number of likely N-dealkylation sites (tertiary alicyclic amines) is 1. The van der Waals surface area contributed by atoms with E-state index in [4.69, 9.17) is 14.2 Å². The monoisotopic (exact) mass is 971 g/mol. The van der Waals surface area contributed by atoms with Crippen molar-refractivity contribution in [2.45, 2.75) is 120 Å². The molecule has 20 heteroatoms. The molecule has 68 heavy (non-hydrogen) atoms. The van der Waals surface area contributed by atoms with Gasteiger partial charge in [-0.1, -0.05) is 57.6 Å². The van der Waals surface area contributed by atoms with Gasteiger partial charge in [0, 0.05) is 50.1 Å². The van der Waals surface area contributed by atoms with Crippen LogP contribution in [0.5, 0.6) is 11.5 Å². The highest BCUT2D eigenvalue weighted by molar-refractivity contribution is 7.91. The molecule has 0 unspecified atom stereocenters. The van der Waals surface area contributed by atoms with Gasteiger partial charge in [0.1, 0.15) is 23.9 Å². The molecule has 3 aliphatic heterocycles. The van der Waals surface area contributed by atoms with Crippen LogP contribution in [-0.2, 0) is 41.7 Å². The van der Waals surface area contributed by atoms with E-state index in [9.17, 15) is 40.8 Å². The first-order valence-corrected chi connectivity index (χ1v) is 25.2. The molecule has 4 heterocycles. The predicted octanol–water partition coefficient (Wildman–Crippen LogP) is 4.94. The van der Waals surface area contributed by atoms with Crippen LogP contribution in [0.2, 0.25) is 0 Å². The summed E-state index contributed by atoms with van der Waals surface area (Å²) in [5.41, 5.74) is -4.57. The number of benzene rings is 1. The van der Waals surface area contributed by atoms with Crippen molar-refractivity contribution in [1.82, 2.24) is 35.0 Å². The number of carbonyl (C=O) groups excluding carboxylic acids is 4. The van der Waals surface area contributed by atoms with Gasteiger partial charge in [-0.25, -0.2) is 22.9 Å². The van der Waals surface area contributed by atoms with Crippen LogP contribution >= 0.6 is 0 Å². The van der Waals surface area contributed by atoms with Crippen LogP contribution in [0.3, 0.4) is 0 Å². The molecule has 7 rings (SSSR count). The van der Waals surface area contributed by atoms with Crippen LogP contribution in [0.25, 0.3) is 10.9 Å². The number of carbonyl (C=O) groups is 4. The Bertz CT molecular complexity index is 2450. The van der Waals surface area contributed by atoms with Crippen molar-refractivity contribution in [3.63, 3.8) is 0 Å². The van der Waals surface area contributed by atoms with E-state index < -0.39 is 85.8 Å². The SMILES string of the molecule is CCCCC/C=C\[C@@H]1C#C[C@]1(NC(=O)[C@@H]1C[C@]2(CCc3c(c(C(F)(F)F)nc4ccc(OCCCN5CCN(C)CC5)cc34)O2)CN1C(=O)CNC(=O)OCC(C)C)C(=O)NS(=O)(=O)C1(C)CC1. The zero-order chi connectivity index (χ0) is 49.1. The highest BCUT2D eigenvalue weighted by Gasteiger charge is 2.58. The molecule has 4 atom stereocenters. The number of hydrogen-bond donors (Lipinski definition) is 3. The molecule has 0 radical (unpaired) electrons. The summed E-state index contributed by atoms with van der Waals surface area (Å²) < 4.78 is 90.3. The number of unbranched alkanes of at least 4 members (excludes halogenated alkanes) is 3. The number of rotatable bonds is 19. The number of piperazine rings is 1. The summed E-state index contributed by atoms with van der Waals surface area (Å²) in [6.07, 6.45) is 2.22. The lowest BCUT2D eigenvalue weighted by Gasteiger charge is -2.38. The minimum atomic E-state index is -4.96. The zero-order valence-electron chi connectivity index (χ0n) is 39.6. The van der Waals surface area contributed by atoms with Crippen LogP contribution in [0.1, 0.15) is 96.7 Å². The average molecular weight is 972 g/mol. The fourth-order valence-electron chi connectivity index (χ4n) is 8.99. The van der Waals surface area contributed by atoms with Gasteiger partial charge in [0.25, 0.3) is 5.91 Å². The second-order valence-electron chi connectivity index (χ2n) is 19.5. The number of hydrogen-bond acceptors (Lipinski definition) is 12. The first-order chi connectivity index (χ1) is 32.2. The fourth-order valence-corrected chi connectivity index (χ4v) is 10.3. The van der Waals surface area contributed by atoms with E-state index >= 15 is 0 Å². The smallest absolute Gasteiger partial charge is 0.437 e. The zero-order valence-corrected chi connectivity index (χ0v) is 40.4. The molecule has 16 nitrogen and oxygen atoms in total. The van der Waals surface area contributed by atoms with Crippen molar-refractivity contribution < 1.29 is 55.0 Å². The molecule has 1 aromatic carbocycles. The maximum absolute atomic E-state index is 15.0. The van der Waals surface area contributed by atoms with E-state index in [0.717, 1.165) is 63.3 Å². The Balaban J connectivity index is 1.17. The number of alkyl carbamates (subject to hydrolysis) is 1. The standard InChI is InChI=1S/C48H64F3N7O9S/c1-6-7-8-9-10-12-33-15-18-47(33,43(61)55-68(63,64)45(4)19-20-45)54-42(60)38-28-46(31-58(38)39(59)29-52-44(62)66-30-32(2)3)17-16-35-36-27-34(65-26-11-21-57-24-22-56(5)23-25-57)13-14-37(36)53-41(40(35)67-46)48(49,50)51/h10,12-14,27,32-33,38H,6-9,11,16-17,19-26,28-31H2,1-5H3,(H,52,62)(H,54,60)(H,55,61)/b12-10-/t33-,38+,46-,47-/m1/s1. The third kappa shape index (κ3) is 11.3. The summed E-state index contributed by atoms with van der Waals surface area (Å²) in [5.74, 6) is 1.78. The summed E-state index contributed by atoms with van der Waals surface area (Å²) in [7, 11) is -2.10. The second kappa shape index (κ2) is 20.5. The Hall–Kier alpha value is -5.13. The topological polar surface area (TPSA) is 189 Å². The minimum absolute atomic E-state index is 0.00454. The normalized spacial score (nSPS) is 24.5. The van der Waals surface area contributed by atoms with E-state index in [2.05, 4.69) is 56.0 Å². The summed E-state index contributed by atoms with van der Waals surface area (Å²) >= 11 is 0. The Labute approximate surface area is 396 Å². The molecule has 2 aromatic rings. The van der Waals surface area contributed by atoms with Crippen molar-refractivity contribution >= 4 is 44.7 Å². The summed E-state index contributed by atoms with van der Waals surface area (Å²) in [4.78, 5) is 65.3. The molecule has 2 saturated heterocycles. The van der Waals surface area contributed by atoms with Gasteiger partial charge >= 0.3 is 12.3 Å². The molecule has 3 fully saturated rings. The lowest BCUT2D eigenvalue weighted by Crippen LogP contribution is -2.68. The molecule has 3 N–H and O–H groups in total. The molecule has 1 spiro atoms. The third-order valence-electron chi connectivity index (χ3n) is 13.6. The Morgan fingerprint density at radius 3 is 2.49 bits per heavy atom. The lowest BCUT2D eigenvalue weighted by molar-refractivity contribution is -0.144. The number of aromatic nitrogens is 1. The van der Waals surface area contributed by atoms with Gasteiger partial charge in [-0.15, -0.1) is 0 Å². The van der Waals surface area contributed by atoms with Gasteiger partial charge in [-0.3, -0.25) is 14.4 Å². The molecular weight excluding hydrogens is 908 g/mol. The molecular formula is C48H64F3N7O9S. The number of fused-ring (bicyclic) bond motifs is 3. The number of allylic oxidation sites excluding steroid dienone is 1. The van der Waals surface area contributed by atoms with Crippen LogP contribution in [0, 0.1) is 23.7 Å². The van der Waals surface area contributed by atoms with Crippen molar-refractivity contribution in [3.05, 3.63) is 41.6 Å². The molecule has 1 saturated carbocycles. The van der Waals surface area contributed by atoms with Crippen LogP contribution in [-0.4, -0.2) is 140 Å². The number of ether oxygens (including phenoxy) is 3. The number of amides is 4. The lowest BCUT2D eigenvalue weighted by atomic mass is 9.75. The number of nitrogens with zero attached hydrogens (tertiary/aromatic N) is 4. The first kappa shape index (κ1) is 50.7. The van der Waals surface area contributed by atoms with Crippen molar-refractivity contribution in [1.29, 1.82) is 0 Å². The fraction of sp³-hybridized carbons (Fsp3) is 0.646. The largest absolute Gasteiger partial charge is 0.494 e. The van der Waals surface area contributed by atoms with Crippen molar-refractivity contribution in [2.75, 3.05) is 66.1 Å². The van der Waals surface area contributed by atoms with Gasteiger partial charge in [-0.05, 0) is 83.0 Å². The average Bonchev–Trinajstić information content (AvgIpc) is 3.95. The molecule has 0 bridgehead atoms. The summed E-state index contributed by atoms with van der Waals surface area (Å²) in [5, 5.41) is 5.48. The highest BCUT2D eigenvalue weighted by Crippen LogP contribution is 2.49. The quantitative estimate of drug-likeness (QED) is 0.0980. The maximum Gasteiger partial charge on any atom is 0.437 e. The molecule has 1 aromatic heterocycles. The minimum Gasteiger partial charge on any atom is -0.494 e. The van der Waals surface area contributed by atoms with Crippen LogP contribution < -0.4 is 24.8 Å². The van der Waals surface area contributed by atoms with E-state index in [0.29, 0.717) is 37.0 Å². The number of sulfonamides is 1. The number of likely N-dealkylation sites (N-methyl/N-ethyl adjacent to an activating group) is 1. The second-order valence-corrected chi connectivity index (χ2v) is 21.7. The Morgan fingerprint density at radius 1 is 1.07 bits per heavy atom. The van der Waals surface area contributed by atoms with E-state index in [1.54, 1.807) is 18.2 Å². The van der Waals surface area contributed by atoms with Crippen molar-refractivity contribution in [3.8, 4) is 23.3 Å². The van der Waals surface area contributed by atoms with Gasteiger partial charge in [-0.2, -0.15) is 13.2 Å². The van der Waals surface area contributed by atoms with E-state index in [-0.39, 0.29) is 49.4 Å². The van der Waals surface area contributed by atoms with Gasteiger partial charge in [0.2, 0.25) is 21.8 Å². The van der Waals surface area contributed by atoms with Gasteiger partial charge in [0.15, 0.2) is 17.0 Å². The summed E-state index contributed by atoms with van der Waals surface area (Å²) in [6, 6.07) is 3.27. The third-order valence-corrected chi connectivity index (χ3v) is 15.7. The molecule has 4 amide bonds. The maximum atomic E-state index is 15.0. The number of nitrogens with one attached hydrogen (secondary N) is 3. The molecule has 5 aliphatic rings. The highest BCUT2D eigenvalue weighted by atomic mass is 32.2.